The predicted octanol–water partition coefficient (Wildman–Crippen LogP) is 3.40. The fourth-order valence-corrected chi connectivity index (χ4v) is 4.89. The van der Waals surface area contributed by atoms with E-state index in [-0.39, 0.29) is 23.5 Å². The predicted molar refractivity (Wildman–Crippen MR) is 113 cm³/mol. The highest BCUT2D eigenvalue weighted by Crippen LogP contribution is 2.30. The molecule has 0 bridgehead atoms. The Kier molecular flexibility index (Phi) is 6.18. The first kappa shape index (κ1) is 19.7. The largest absolute Gasteiger partial charge is 0.376 e. The van der Waals surface area contributed by atoms with Gasteiger partial charge in [-0.2, -0.15) is 4.98 Å². The second-order valence-electron chi connectivity index (χ2n) is 7.07. The van der Waals surface area contributed by atoms with E-state index in [1.54, 1.807) is 4.57 Å². The minimum Gasteiger partial charge on any atom is -0.376 e. The monoisotopic (exact) mass is 463 g/mol. The zero-order chi connectivity index (χ0) is 19.5. The number of nitrogens with one attached hydrogen (secondary N) is 1. The van der Waals surface area contributed by atoms with Crippen LogP contribution in [0.2, 0.25) is 0 Å². The van der Waals surface area contributed by atoms with Crippen molar-refractivity contribution < 1.29 is 9.53 Å². The van der Waals surface area contributed by atoms with Gasteiger partial charge in [-0.3, -0.25) is 9.36 Å². The highest BCUT2D eigenvalue weighted by Gasteiger charge is 2.25. The van der Waals surface area contributed by atoms with Crippen molar-refractivity contribution >= 4 is 39.3 Å². The maximum absolute atomic E-state index is 12.6. The van der Waals surface area contributed by atoms with E-state index in [4.69, 9.17) is 4.74 Å². The summed E-state index contributed by atoms with van der Waals surface area (Å²) >= 11 is 4.72. The Labute approximate surface area is 176 Å². The minimum atomic E-state index is -0.230. The van der Waals surface area contributed by atoms with Crippen molar-refractivity contribution in [1.29, 1.82) is 0 Å². The average Bonchev–Trinajstić information content (AvgIpc) is 3.36. The van der Waals surface area contributed by atoms with Gasteiger partial charge in [0.25, 0.3) is 0 Å². The molecule has 2 heterocycles. The maximum Gasteiger partial charge on any atom is 0.348 e. The number of hydrogen-bond acceptors (Lipinski definition) is 5. The minimum absolute atomic E-state index is 0.107. The summed E-state index contributed by atoms with van der Waals surface area (Å²) in [4.78, 5) is 29.2. The first-order valence-corrected chi connectivity index (χ1v) is 11.3. The van der Waals surface area contributed by atoms with Crippen molar-refractivity contribution in [3.8, 4) is 0 Å². The van der Waals surface area contributed by atoms with Crippen LogP contribution in [0.1, 0.15) is 30.5 Å². The number of thioether (sulfide) groups is 1. The lowest BCUT2D eigenvalue weighted by molar-refractivity contribution is -0.113. The van der Waals surface area contributed by atoms with Crippen molar-refractivity contribution in [2.75, 3.05) is 17.7 Å². The second kappa shape index (κ2) is 8.80. The summed E-state index contributed by atoms with van der Waals surface area (Å²) in [5, 5.41) is 3.57. The summed E-state index contributed by atoms with van der Waals surface area (Å²) in [6.07, 6.45) is 4.97. The summed E-state index contributed by atoms with van der Waals surface area (Å²) in [7, 11) is 0. The SMILES string of the molecule is O=C(CSc1nc(=O)n(CC2CCCO2)c2c1CCC2)Nc1ccc(Br)cc1. The van der Waals surface area contributed by atoms with Gasteiger partial charge in [-0.1, -0.05) is 27.7 Å². The van der Waals surface area contributed by atoms with Crippen molar-refractivity contribution in [2.45, 2.75) is 49.8 Å². The van der Waals surface area contributed by atoms with Crippen molar-refractivity contribution in [3.63, 3.8) is 0 Å². The van der Waals surface area contributed by atoms with Gasteiger partial charge < -0.3 is 10.1 Å². The third-order valence-corrected chi connectivity index (χ3v) is 6.63. The van der Waals surface area contributed by atoms with Crippen LogP contribution < -0.4 is 11.0 Å². The van der Waals surface area contributed by atoms with E-state index in [1.165, 1.54) is 11.8 Å². The molecule has 1 fully saturated rings. The molecule has 8 heteroatoms. The lowest BCUT2D eigenvalue weighted by Crippen LogP contribution is -2.31. The molecule has 1 aromatic heterocycles. The highest BCUT2D eigenvalue weighted by atomic mass is 79.9. The number of carbonyl (C=O) groups excluding carboxylic acids is 1. The van der Waals surface area contributed by atoms with Gasteiger partial charge >= 0.3 is 5.69 Å². The Morgan fingerprint density at radius 3 is 2.86 bits per heavy atom. The number of amides is 1. The van der Waals surface area contributed by atoms with E-state index in [9.17, 15) is 9.59 Å². The van der Waals surface area contributed by atoms with Gasteiger partial charge in [-0.05, 0) is 56.4 Å². The number of benzene rings is 1. The van der Waals surface area contributed by atoms with Crippen LogP contribution in [-0.4, -0.2) is 33.9 Å². The standard InChI is InChI=1S/C20H22BrN3O3S/c21-13-6-8-14(9-7-13)22-18(25)12-28-19-16-4-1-5-17(16)24(20(26)23-19)11-15-3-2-10-27-15/h6-9,15H,1-5,10-12H2,(H,22,25). The molecule has 1 atom stereocenters. The van der Waals surface area contributed by atoms with E-state index < -0.39 is 0 Å². The third kappa shape index (κ3) is 4.50. The van der Waals surface area contributed by atoms with Crippen LogP contribution >= 0.6 is 27.7 Å². The molecule has 1 amide bonds. The Morgan fingerprint density at radius 2 is 2.11 bits per heavy atom. The quantitative estimate of drug-likeness (QED) is 0.524. The molecule has 2 aromatic rings. The maximum atomic E-state index is 12.6. The molecule has 0 radical (unpaired) electrons. The Morgan fingerprint density at radius 1 is 1.29 bits per heavy atom. The smallest absolute Gasteiger partial charge is 0.348 e. The molecule has 1 aromatic carbocycles. The molecule has 4 rings (SSSR count). The fourth-order valence-electron chi connectivity index (χ4n) is 3.75. The Balaban J connectivity index is 1.45. The van der Waals surface area contributed by atoms with E-state index >= 15 is 0 Å². The van der Waals surface area contributed by atoms with Crippen molar-refractivity contribution in [3.05, 3.63) is 50.5 Å². The lowest BCUT2D eigenvalue weighted by atomic mass is 10.2. The number of rotatable bonds is 6. The molecular weight excluding hydrogens is 442 g/mol. The number of ether oxygens (including phenoxy) is 1. The van der Waals surface area contributed by atoms with Crippen LogP contribution in [0.3, 0.4) is 0 Å². The van der Waals surface area contributed by atoms with Gasteiger partial charge in [0.2, 0.25) is 5.91 Å². The van der Waals surface area contributed by atoms with Crippen molar-refractivity contribution in [1.82, 2.24) is 9.55 Å². The summed E-state index contributed by atoms with van der Waals surface area (Å²) in [6, 6.07) is 7.44. The van der Waals surface area contributed by atoms with E-state index in [1.807, 2.05) is 24.3 Å². The van der Waals surface area contributed by atoms with Gasteiger partial charge in [0.1, 0.15) is 5.03 Å². The first-order valence-electron chi connectivity index (χ1n) is 9.52. The second-order valence-corrected chi connectivity index (χ2v) is 8.95. The molecule has 2 aliphatic rings. The third-order valence-electron chi connectivity index (χ3n) is 5.08. The molecule has 1 saturated heterocycles. The van der Waals surface area contributed by atoms with Gasteiger partial charge in [-0.25, -0.2) is 4.79 Å². The molecule has 1 unspecified atom stereocenters. The van der Waals surface area contributed by atoms with Crippen LogP contribution in [0.4, 0.5) is 5.69 Å². The number of anilines is 1. The molecule has 0 saturated carbocycles. The van der Waals surface area contributed by atoms with Crippen LogP contribution in [0.15, 0.2) is 38.6 Å². The van der Waals surface area contributed by atoms with Crippen LogP contribution in [0, 0.1) is 0 Å². The fraction of sp³-hybridized carbons (Fsp3) is 0.450. The number of nitrogens with zero attached hydrogens (tertiary/aromatic N) is 2. The zero-order valence-corrected chi connectivity index (χ0v) is 17.9. The van der Waals surface area contributed by atoms with Crippen LogP contribution in [0.25, 0.3) is 0 Å². The van der Waals surface area contributed by atoms with E-state index in [0.29, 0.717) is 11.6 Å². The molecule has 0 spiro atoms. The average molecular weight is 464 g/mol. The first-order chi connectivity index (χ1) is 13.6. The number of carbonyl (C=O) groups is 1. The molecule has 1 N–H and O–H groups in total. The molecule has 6 nitrogen and oxygen atoms in total. The lowest BCUT2D eigenvalue weighted by Gasteiger charge is -2.17. The summed E-state index contributed by atoms with van der Waals surface area (Å²) in [5.74, 6) is 0.120. The van der Waals surface area contributed by atoms with Crippen LogP contribution in [0.5, 0.6) is 0 Å². The van der Waals surface area contributed by atoms with Gasteiger partial charge in [0.15, 0.2) is 0 Å². The molecular formula is C20H22BrN3O3S. The topological polar surface area (TPSA) is 73.2 Å². The normalized spacial score (nSPS) is 18.2. The van der Waals surface area contributed by atoms with Crippen LogP contribution in [-0.2, 0) is 28.9 Å². The number of fused-ring (bicyclic) bond motifs is 1. The van der Waals surface area contributed by atoms with Gasteiger partial charge in [0.05, 0.1) is 18.4 Å². The molecule has 148 valence electrons. The molecule has 1 aliphatic carbocycles. The zero-order valence-electron chi connectivity index (χ0n) is 15.4. The Bertz CT molecular complexity index is 924. The van der Waals surface area contributed by atoms with Crippen molar-refractivity contribution in [2.24, 2.45) is 0 Å². The Hall–Kier alpha value is -1.64. The highest BCUT2D eigenvalue weighted by molar-refractivity contribution is 9.10. The van der Waals surface area contributed by atoms with Gasteiger partial charge in [0, 0.05) is 28.0 Å². The van der Waals surface area contributed by atoms with E-state index in [0.717, 1.165) is 60.1 Å². The summed E-state index contributed by atoms with van der Waals surface area (Å²) in [5.41, 5.74) is 2.72. The van der Waals surface area contributed by atoms with Gasteiger partial charge in [-0.15, -0.1) is 0 Å². The molecule has 1 aliphatic heterocycles. The van der Waals surface area contributed by atoms with E-state index in [2.05, 4.69) is 26.2 Å². The molecule has 28 heavy (non-hydrogen) atoms. The summed E-state index contributed by atoms with van der Waals surface area (Å²) in [6.45, 7) is 1.36. The number of aromatic nitrogens is 2. The number of hydrogen-bond donors (Lipinski definition) is 1. The number of halogens is 1. The summed E-state index contributed by atoms with van der Waals surface area (Å²) < 4.78 is 8.45.